The van der Waals surface area contributed by atoms with Crippen molar-refractivity contribution in [1.29, 1.82) is 0 Å². The van der Waals surface area contributed by atoms with Gasteiger partial charge in [0.2, 0.25) is 0 Å². The number of carbonyl (C=O) groups excluding carboxylic acids is 1. The van der Waals surface area contributed by atoms with E-state index in [2.05, 4.69) is 50.2 Å². The number of fused-ring (bicyclic) bond motifs is 5. The number of benzene rings is 2. The second kappa shape index (κ2) is 13.0. The van der Waals surface area contributed by atoms with E-state index in [9.17, 15) is 35.2 Å². The Balaban J connectivity index is 1.14. The molecule has 0 spiro atoms. The average Bonchev–Trinajstić information content (AvgIpc) is 3.21. The van der Waals surface area contributed by atoms with Crippen molar-refractivity contribution >= 4 is 15.6 Å². The Kier molecular flexibility index (Phi) is 9.75. The number of carbonyl (C=O) groups is 1. The first-order valence-electron chi connectivity index (χ1n) is 16.1. The Morgan fingerprint density at radius 2 is 1.62 bits per heavy atom. The first-order valence-corrected chi connectivity index (χ1v) is 17.9. The predicted molar refractivity (Wildman–Crippen MR) is 163 cm³/mol. The van der Waals surface area contributed by atoms with Crippen LogP contribution in [-0.4, -0.2) is 44.4 Å². The van der Waals surface area contributed by atoms with E-state index >= 15 is 0 Å². The number of hydrogen-bond donors (Lipinski definition) is 0. The molecule has 0 unspecified atom stereocenters. The van der Waals surface area contributed by atoms with Crippen LogP contribution >= 0.6 is 0 Å². The third-order valence-electron chi connectivity index (χ3n) is 10.7. The van der Waals surface area contributed by atoms with E-state index in [1.165, 1.54) is 16.7 Å². The predicted octanol–water partition coefficient (Wildman–Crippen LogP) is 8.69. The molecular formula is C35H43F5O4S. The number of aryl methyl sites for hydroxylation is 1. The molecule has 248 valence electrons. The zero-order valence-corrected chi connectivity index (χ0v) is 26.7. The summed E-state index contributed by atoms with van der Waals surface area (Å²) in [5.74, 6) is -3.15. The standard InChI is InChI=1S/C35H43F5O4S/c1-23-21-30-28-16-13-24-9-4-5-10-27(24)31(28)29(22-33(30,2)32(23)41)25-11-14-26(15-12-25)44-18-6-3-7-19-45(42,43)20-8-17-34(36,37)35(38,39)40/h4-5,9-12,14-15,23,28-31H,3,6-8,13,16-22H2,1-2H3/t23-,28+,29-,30+,31-,33+/m1/s1. The lowest BCUT2D eigenvalue weighted by Gasteiger charge is -2.52. The van der Waals surface area contributed by atoms with Gasteiger partial charge in [0.15, 0.2) is 0 Å². The van der Waals surface area contributed by atoms with Crippen LogP contribution in [0.1, 0.15) is 93.7 Å². The minimum atomic E-state index is -5.67. The summed E-state index contributed by atoms with van der Waals surface area (Å²) >= 11 is 0. The SMILES string of the molecule is C[C@@H]1C[C@H]2[C@@H]3CCc4ccccc4[C@H]3[C@@H](c3ccc(OCCCCCS(=O)(=O)CCCC(F)(F)C(F)(F)F)cc3)C[C@]2(C)C1=O. The van der Waals surface area contributed by atoms with Crippen LogP contribution in [0, 0.1) is 23.2 Å². The van der Waals surface area contributed by atoms with Gasteiger partial charge in [-0.3, -0.25) is 4.79 Å². The monoisotopic (exact) mass is 654 g/mol. The number of ketones is 1. The quantitative estimate of drug-likeness (QED) is 0.170. The van der Waals surface area contributed by atoms with Crippen molar-refractivity contribution in [3.05, 3.63) is 65.2 Å². The lowest BCUT2D eigenvalue weighted by molar-refractivity contribution is -0.284. The van der Waals surface area contributed by atoms with E-state index in [0.29, 0.717) is 48.7 Å². The van der Waals surface area contributed by atoms with Crippen LogP contribution in [-0.2, 0) is 21.1 Å². The Morgan fingerprint density at radius 3 is 2.33 bits per heavy atom. The van der Waals surface area contributed by atoms with Gasteiger partial charge in [-0.05, 0) is 104 Å². The summed E-state index contributed by atoms with van der Waals surface area (Å²) in [5.41, 5.74) is 3.74. The lowest BCUT2D eigenvalue weighted by Crippen LogP contribution is -2.46. The number of Topliss-reactive ketones (excluding diaryl/α,β-unsaturated/α-hetero) is 1. The minimum absolute atomic E-state index is 0.101. The summed E-state index contributed by atoms with van der Waals surface area (Å²) in [6, 6.07) is 16.9. The molecule has 0 heterocycles. The molecule has 0 N–H and O–H groups in total. The van der Waals surface area contributed by atoms with E-state index in [0.717, 1.165) is 25.7 Å². The third-order valence-corrected chi connectivity index (χ3v) is 12.5. The van der Waals surface area contributed by atoms with Gasteiger partial charge < -0.3 is 4.74 Å². The number of halogens is 5. The molecule has 0 radical (unpaired) electrons. The van der Waals surface area contributed by atoms with Crippen LogP contribution in [0.2, 0.25) is 0 Å². The molecular weight excluding hydrogens is 611 g/mol. The van der Waals surface area contributed by atoms with Gasteiger partial charge in [-0.2, -0.15) is 22.0 Å². The van der Waals surface area contributed by atoms with Crippen LogP contribution in [0.5, 0.6) is 5.75 Å². The van der Waals surface area contributed by atoms with Gasteiger partial charge in [-0.15, -0.1) is 0 Å². The van der Waals surface area contributed by atoms with Crippen molar-refractivity contribution in [2.45, 2.75) is 95.6 Å². The van der Waals surface area contributed by atoms with Crippen molar-refractivity contribution in [2.24, 2.45) is 23.2 Å². The molecule has 2 fully saturated rings. The Bertz CT molecular complexity index is 1460. The van der Waals surface area contributed by atoms with Crippen molar-refractivity contribution in [3.63, 3.8) is 0 Å². The first-order chi connectivity index (χ1) is 21.1. The lowest BCUT2D eigenvalue weighted by atomic mass is 9.51. The van der Waals surface area contributed by atoms with Gasteiger partial charge in [0.1, 0.15) is 21.4 Å². The second-order valence-electron chi connectivity index (χ2n) is 13.7. The molecule has 0 aliphatic heterocycles. The summed E-state index contributed by atoms with van der Waals surface area (Å²) in [7, 11) is -3.71. The minimum Gasteiger partial charge on any atom is -0.494 e. The molecule has 2 aromatic rings. The fraction of sp³-hybridized carbons (Fsp3) is 0.629. The van der Waals surface area contributed by atoms with Gasteiger partial charge in [0.05, 0.1) is 18.1 Å². The maximum absolute atomic E-state index is 13.5. The van der Waals surface area contributed by atoms with Gasteiger partial charge in [-0.25, -0.2) is 8.42 Å². The smallest absolute Gasteiger partial charge is 0.453 e. The Morgan fingerprint density at radius 1 is 0.933 bits per heavy atom. The Hall–Kier alpha value is -2.49. The highest BCUT2D eigenvalue weighted by molar-refractivity contribution is 7.91. The number of alkyl halides is 5. The number of unbranched alkanes of at least 4 members (excludes halogenated alkanes) is 2. The van der Waals surface area contributed by atoms with E-state index in [1.807, 2.05) is 12.1 Å². The summed E-state index contributed by atoms with van der Waals surface area (Å²) in [6.45, 7) is 4.65. The fourth-order valence-corrected chi connectivity index (χ4v) is 9.88. The number of ether oxygens (including phenoxy) is 1. The zero-order chi connectivity index (χ0) is 32.6. The van der Waals surface area contributed by atoms with E-state index in [1.54, 1.807) is 0 Å². The van der Waals surface area contributed by atoms with E-state index in [-0.39, 0.29) is 29.4 Å². The van der Waals surface area contributed by atoms with E-state index in [4.69, 9.17) is 4.74 Å². The zero-order valence-electron chi connectivity index (χ0n) is 25.9. The molecule has 2 aromatic carbocycles. The molecule has 0 amide bonds. The molecule has 10 heteroatoms. The molecule has 3 aliphatic rings. The summed E-state index contributed by atoms with van der Waals surface area (Å²) in [4.78, 5) is 13.5. The van der Waals surface area contributed by atoms with Gasteiger partial charge >= 0.3 is 12.1 Å². The van der Waals surface area contributed by atoms with Gasteiger partial charge in [0, 0.05) is 17.8 Å². The molecule has 0 bridgehead atoms. The maximum atomic E-state index is 13.5. The van der Waals surface area contributed by atoms with Crippen LogP contribution in [0.25, 0.3) is 0 Å². The molecule has 5 rings (SSSR count). The summed E-state index contributed by atoms with van der Waals surface area (Å²) in [5, 5.41) is 0. The topological polar surface area (TPSA) is 60.4 Å². The van der Waals surface area contributed by atoms with Crippen LogP contribution in [0.15, 0.2) is 48.5 Å². The first kappa shape index (κ1) is 33.9. The highest BCUT2D eigenvalue weighted by atomic mass is 32.2. The number of hydrogen-bond acceptors (Lipinski definition) is 4. The third kappa shape index (κ3) is 7.10. The normalized spacial score (nSPS) is 28.3. The number of rotatable bonds is 12. The van der Waals surface area contributed by atoms with E-state index < -0.39 is 40.5 Å². The fourth-order valence-electron chi connectivity index (χ4n) is 8.45. The summed E-state index contributed by atoms with van der Waals surface area (Å²) in [6.07, 6.45) is -2.59. The van der Waals surface area contributed by atoms with Crippen LogP contribution in [0.3, 0.4) is 0 Å². The molecule has 3 aliphatic carbocycles. The molecule has 0 saturated heterocycles. The van der Waals surface area contributed by atoms with Crippen molar-refractivity contribution in [3.8, 4) is 5.75 Å². The van der Waals surface area contributed by atoms with Gasteiger partial charge in [0.25, 0.3) is 0 Å². The molecule has 6 atom stereocenters. The van der Waals surface area contributed by atoms with Crippen LogP contribution < -0.4 is 4.74 Å². The molecule has 4 nitrogen and oxygen atoms in total. The van der Waals surface area contributed by atoms with Crippen molar-refractivity contribution < 1.29 is 39.9 Å². The molecule has 0 aromatic heterocycles. The maximum Gasteiger partial charge on any atom is 0.453 e. The van der Waals surface area contributed by atoms with Crippen molar-refractivity contribution in [2.75, 3.05) is 18.1 Å². The largest absolute Gasteiger partial charge is 0.494 e. The average molecular weight is 655 g/mol. The highest BCUT2D eigenvalue weighted by Gasteiger charge is 2.60. The number of sulfone groups is 1. The Labute approximate surface area is 263 Å². The molecule has 2 saturated carbocycles. The summed E-state index contributed by atoms with van der Waals surface area (Å²) < 4.78 is 92.9. The van der Waals surface area contributed by atoms with Gasteiger partial charge in [-0.1, -0.05) is 50.2 Å². The highest BCUT2D eigenvalue weighted by Crippen LogP contribution is 2.64. The van der Waals surface area contributed by atoms with Crippen LogP contribution in [0.4, 0.5) is 22.0 Å². The van der Waals surface area contributed by atoms with Crippen molar-refractivity contribution in [1.82, 2.24) is 0 Å². The second-order valence-corrected chi connectivity index (χ2v) is 16.0. The molecule has 45 heavy (non-hydrogen) atoms.